The molecule has 0 unspecified atom stereocenters. The molecule has 0 fully saturated rings. The Labute approximate surface area is 130 Å². The highest BCUT2D eigenvalue weighted by Gasteiger charge is 2.24. The van der Waals surface area contributed by atoms with Crippen LogP contribution in [0.5, 0.6) is 5.75 Å². The molecule has 0 amide bonds. The molecule has 9 heteroatoms. The largest absolute Gasteiger partial charge is 0.493 e. The summed E-state index contributed by atoms with van der Waals surface area (Å²) in [6.07, 6.45) is 2.27. The number of benzene rings is 1. The van der Waals surface area contributed by atoms with Crippen LogP contribution in [0, 0.1) is 0 Å². The zero-order valence-corrected chi connectivity index (χ0v) is 13.8. The molecule has 2 rings (SSSR count). The molecule has 0 aliphatic carbocycles. The molecular formula is C13H18N2O5S2. The number of hydrogen-bond acceptors (Lipinski definition) is 6. The Hall–Kier alpha value is -1.61. The molecule has 0 aromatic heterocycles. The van der Waals surface area contributed by atoms with Gasteiger partial charge in [-0.25, -0.2) is 16.8 Å². The van der Waals surface area contributed by atoms with E-state index < -0.39 is 19.9 Å². The molecule has 0 bridgehead atoms. The Morgan fingerprint density at radius 2 is 2.05 bits per heavy atom. The van der Waals surface area contributed by atoms with Gasteiger partial charge in [-0.3, -0.25) is 0 Å². The minimum Gasteiger partial charge on any atom is -0.493 e. The highest BCUT2D eigenvalue weighted by molar-refractivity contribution is 7.90. The molecule has 122 valence electrons. The van der Waals surface area contributed by atoms with Crippen LogP contribution in [0.15, 0.2) is 22.6 Å². The van der Waals surface area contributed by atoms with Gasteiger partial charge in [0.1, 0.15) is 21.4 Å². The number of ether oxygens (including phenoxy) is 1. The van der Waals surface area contributed by atoms with Crippen LogP contribution in [0.2, 0.25) is 0 Å². The number of sulfonamides is 1. The smallest absolute Gasteiger partial charge is 0.259 e. The topological polar surface area (TPSA) is 116 Å². The van der Waals surface area contributed by atoms with Gasteiger partial charge >= 0.3 is 0 Å². The van der Waals surface area contributed by atoms with Crippen LogP contribution in [0.1, 0.15) is 24.0 Å². The average Bonchev–Trinajstić information content (AvgIpc) is 2.35. The maximum atomic E-state index is 11.6. The summed E-state index contributed by atoms with van der Waals surface area (Å²) in [7, 11) is -6.53. The van der Waals surface area contributed by atoms with E-state index in [1.54, 1.807) is 18.2 Å². The third-order valence-electron chi connectivity index (χ3n) is 3.11. The van der Waals surface area contributed by atoms with Crippen molar-refractivity contribution in [1.29, 1.82) is 0 Å². The van der Waals surface area contributed by atoms with Gasteiger partial charge in [0.25, 0.3) is 10.0 Å². The third kappa shape index (κ3) is 4.44. The summed E-state index contributed by atoms with van der Waals surface area (Å²) in [4.78, 5) is 0. The zero-order chi connectivity index (χ0) is 16.4. The van der Waals surface area contributed by atoms with Crippen molar-refractivity contribution < 1.29 is 21.6 Å². The van der Waals surface area contributed by atoms with Crippen LogP contribution in [0.3, 0.4) is 0 Å². The number of sulfone groups is 1. The van der Waals surface area contributed by atoms with Gasteiger partial charge in [-0.15, -0.1) is 4.40 Å². The molecule has 7 nitrogen and oxygen atoms in total. The number of nitrogens with zero attached hydrogens (tertiary/aromatic N) is 1. The van der Waals surface area contributed by atoms with Crippen molar-refractivity contribution in [3.8, 4) is 5.75 Å². The molecule has 1 heterocycles. The number of nitrogens with two attached hydrogens (primary N) is 1. The lowest BCUT2D eigenvalue weighted by molar-refractivity contribution is 0.308. The predicted octanol–water partition coefficient (Wildman–Crippen LogP) is 0.439. The minimum atomic E-state index is -3.57. The molecule has 0 atom stereocenters. The van der Waals surface area contributed by atoms with Crippen molar-refractivity contribution in [3.05, 3.63) is 29.3 Å². The molecule has 1 aliphatic heterocycles. The fourth-order valence-corrected chi connectivity index (χ4v) is 4.00. The fraction of sp³-hybridized carbons (Fsp3) is 0.462. The van der Waals surface area contributed by atoms with E-state index in [4.69, 9.17) is 10.5 Å². The van der Waals surface area contributed by atoms with E-state index in [2.05, 4.69) is 4.40 Å². The predicted molar refractivity (Wildman–Crippen MR) is 84.2 cm³/mol. The Kier molecular flexibility index (Phi) is 4.76. The van der Waals surface area contributed by atoms with Crippen LogP contribution in [0.25, 0.3) is 0 Å². The number of amidine groups is 1. The van der Waals surface area contributed by atoms with Gasteiger partial charge in [0.15, 0.2) is 0 Å². The van der Waals surface area contributed by atoms with Crippen molar-refractivity contribution in [2.45, 2.75) is 18.6 Å². The van der Waals surface area contributed by atoms with Gasteiger partial charge in [-0.2, -0.15) is 0 Å². The zero-order valence-electron chi connectivity index (χ0n) is 12.1. The Morgan fingerprint density at radius 3 is 2.73 bits per heavy atom. The summed E-state index contributed by atoms with van der Waals surface area (Å²) in [5, 5.41) is 0. The van der Waals surface area contributed by atoms with E-state index >= 15 is 0 Å². The number of fused-ring (bicyclic) bond motifs is 1. The maximum Gasteiger partial charge on any atom is 0.259 e. The van der Waals surface area contributed by atoms with E-state index in [1.807, 2.05) is 0 Å². The first-order valence-electron chi connectivity index (χ1n) is 6.69. The van der Waals surface area contributed by atoms with E-state index in [0.717, 1.165) is 0 Å². The van der Waals surface area contributed by atoms with Crippen LogP contribution in [-0.4, -0.2) is 41.3 Å². The summed E-state index contributed by atoms with van der Waals surface area (Å²) in [5.41, 5.74) is 6.78. The van der Waals surface area contributed by atoms with E-state index in [0.29, 0.717) is 36.3 Å². The SMILES string of the molecule is CS(=O)(=O)CCCCOc1cccc2c1C(N)=NS(=O)(=O)C2. The molecule has 0 spiro atoms. The molecule has 1 aromatic carbocycles. The highest BCUT2D eigenvalue weighted by Crippen LogP contribution is 2.28. The van der Waals surface area contributed by atoms with Crippen molar-refractivity contribution >= 4 is 25.7 Å². The molecule has 0 saturated carbocycles. The first-order valence-corrected chi connectivity index (χ1v) is 10.4. The second kappa shape index (κ2) is 6.25. The fourth-order valence-electron chi connectivity index (χ4n) is 2.18. The van der Waals surface area contributed by atoms with Crippen LogP contribution < -0.4 is 10.5 Å². The monoisotopic (exact) mass is 346 g/mol. The molecule has 0 radical (unpaired) electrons. The van der Waals surface area contributed by atoms with E-state index in [1.165, 1.54) is 6.26 Å². The maximum absolute atomic E-state index is 11.6. The average molecular weight is 346 g/mol. The molecule has 1 aliphatic rings. The van der Waals surface area contributed by atoms with Crippen LogP contribution in [0.4, 0.5) is 0 Å². The van der Waals surface area contributed by atoms with Crippen molar-refractivity contribution in [3.63, 3.8) is 0 Å². The van der Waals surface area contributed by atoms with Gasteiger partial charge < -0.3 is 10.5 Å². The lowest BCUT2D eigenvalue weighted by atomic mass is 10.1. The van der Waals surface area contributed by atoms with E-state index in [9.17, 15) is 16.8 Å². The Morgan fingerprint density at radius 1 is 1.32 bits per heavy atom. The normalized spacial score (nSPS) is 16.7. The quantitative estimate of drug-likeness (QED) is 0.747. The number of rotatable bonds is 6. The summed E-state index contributed by atoms with van der Waals surface area (Å²) in [5.74, 6) is 0.306. The molecule has 22 heavy (non-hydrogen) atoms. The van der Waals surface area contributed by atoms with Gasteiger partial charge in [0, 0.05) is 6.26 Å². The molecule has 2 N–H and O–H groups in total. The van der Waals surface area contributed by atoms with Gasteiger partial charge in [0.05, 0.1) is 23.7 Å². The van der Waals surface area contributed by atoms with Crippen LogP contribution >= 0.6 is 0 Å². The molecule has 1 aromatic rings. The second-order valence-electron chi connectivity index (χ2n) is 5.18. The second-order valence-corrected chi connectivity index (χ2v) is 9.07. The first-order chi connectivity index (χ1) is 10.2. The molecule has 0 saturated heterocycles. The minimum absolute atomic E-state index is 0.0759. The van der Waals surface area contributed by atoms with Crippen molar-refractivity contribution in [2.75, 3.05) is 18.6 Å². The summed E-state index contributed by atoms with van der Waals surface area (Å²) >= 11 is 0. The highest BCUT2D eigenvalue weighted by atomic mass is 32.2. The number of unbranched alkanes of at least 4 members (excludes halogenated alkanes) is 1. The lowest BCUT2D eigenvalue weighted by Gasteiger charge is -2.18. The van der Waals surface area contributed by atoms with Crippen molar-refractivity contribution in [2.24, 2.45) is 10.1 Å². The third-order valence-corrected chi connectivity index (χ3v) is 5.29. The van der Waals surface area contributed by atoms with Gasteiger partial charge in [0.2, 0.25) is 0 Å². The van der Waals surface area contributed by atoms with Crippen molar-refractivity contribution in [1.82, 2.24) is 0 Å². The summed E-state index contributed by atoms with van der Waals surface area (Å²) < 4.78 is 54.3. The first kappa shape index (κ1) is 16.8. The Bertz CT molecular complexity index is 798. The molecular weight excluding hydrogens is 328 g/mol. The summed E-state index contributed by atoms with van der Waals surface area (Å²) in [6.45, 7) is 0.325. The Balaban J connectivity index is 2.05. The summed E-state index contributed by atoms with van der Waals surface area (Å²) in [6, 6.07) is 5.06. The standard InChI is InChI=1S/C13H18N2O5S2/c1-21(16,17)8-3-2-7-20-11-6-4-5-10-9-22(18,19)15-13(14)12(10)11/h4-6H,2-3,7-9H2,1H3,(H2,14,15). The van der Waals surface area contributed by atoms with Crippen LogP contribution in [-0.2, 0) is 25.6 Å². The van der Waals surface area contributed by atoms with E-state index in [-0.39, 0.29) is 17.3 Å². The van der Waals surface area contributed by atoms with Gasteiger partial charge in [-0.05, 0) is 24.5 Å². The lowest BCUT2D eigenvalue weighted by Crippen LogP contribution is -2.24. The number of hydrogen-bond donors (Lipinski definition) is 1. The van der Waals surface area contributed by atoms with Gasteiger partial charge in [-0.1, -0.05) is 12.1 Å².